The number of aliphatic hydroxyl groups is 1. The first kappa shape index (κ1) is 22.0. The molecule has 0 saturated heterocycles. The van der Waals surface area contributed by atoms with E-state index in [9.17, 15) is 18.3 Å². The van der Waals surface area contributed by atoms with E-state index < -0.39 is 22.2 Å². The summed E-state index contributed by atoms with van der Waals surface area (Å²) in [5.74, 6) is 0.530. The molecule has 0 bridgehead atoms. The monoisotopic (exact) mass is 446 g/mol. The van der Waals surface area contributed by atoms with E-state index in [0.29, 0.717) is 40.9 Å². The lowest BCUT2D eigenvalue weighted by molar-refractivity contribution is 0.170. The van der Waals surface area contributed by atoms with E-state index >= 15 is 0 Å². The number of sulfonamides is 1. The molecule has 2 aromatic rings. The zero-order valence-corrected chi connectivity index (χ0v) is 18.9. The average molecular weight is 447 g/mol. The van der Waals surface area contributed by atoms with Crippen molar-refractivity contribution in [3.05, 3.63) is 35.2 Å². The lowest BCUT2D eigenvalue weighted by Gasteiger charge is -2.18. The maximum absolute atomic E-state index is 13.3. The second kappa shape index (κ2) is 8.37. The number of nitrogens with zero attached hydrogens (tertiary/aromatic N) is 1. The SMILES string of the molecule is CCNC(=O)N[C@@H]1C[C@H](O)c2c1cc(S(=O)(=O)NCC(C)C)c1cc(C3CC3)ncc21. The molecule has 4 rings (SSSR count). The van der Waals surface area contributed by atoms with E-state index in [2.05, 4.69) is 20.3 Å². The van der Waals surface area contributed by atoms with Gasteiger partial charge in [0.25, 0.3) is 0 Å². The van der Waals surface area contributed by atoms with Gasteiger partial charge in [-0.1, -0.05) is 13.8 Å². The molecule has 2 aliphatic rings. The van der Waals surface area contributed by atoms with Gasteiger partial charge in [0, 0.05) is 48.1 Å². The second-order valence-corrected chi connectivity index (χ2v) is 10.6. The van der Waals surface area contributed by atoms with Gasteiger partial charge in [-0.3, -0.25) is 4.98 Å². The number of nitrogens with one attached hydrogen (secondary N) is 3. The second-order valence-electron chi connectivity index (χ2n) is 8.86. The summed E-state index contributed by atoms with van der Waals surface area (Å²) in [4.78, 5) is 16.9. The minimum absolute atomic E-state index is 0.160. The quantitative estimate of drug-likeness (QED) is 0.521. The Labute approximate surface area is 182 Å². The lowest BCUT2D eigenvalue weighted by Crippen LogP contribution is -2.37. The van der Waals surface area contributed by atoms with Gasteiger partial charge >= 0.3 is 6.03 Å². The Hall–Kier alpha value is -2.23. The highest BCUT2D eigenvalue weighted by molar-refractivity contribution is 7.89. The van der Waals surface area contributed by atoms with Crippen LogP contribution in [-0.4, -0.2) is 37.6 Å². The number of carbonyl (C=O) groups is 1. The minimum Gasteiger partial charge on any atom is -0.388 e. The molecule has 1 aromatic heterocycles. The van der Waals surface area contributed by atoms with Crippen LogP contribution >= 0.6 is 0 Å². The van der Waals surface area contributed by atoms with Gasteiger partial charge in [0.1, 0.15) is 0 Å². The summed E-state index contributed by atoms with van der Waals surface area (Å²) < 4.78 is 29.2. The van der Waals surface area contributed by atoms with Crippen molar-refractivity contribution < 1.29 is 18.3 Å². The molecule has 1 saturated carbocycles. The Morgan fingerprint density at radius 1 is 1.26 bits per heavy atom. The molecule has 168 valence electrons. The van der Waals surface area contributed by atoms with Crippen LogP contribution in [0.25, 0.3) is 10.8 Å². The Kier molecular flexibility index (Phi) is 5.93. The first-order valence-corrected chi connectivity index (χ1v) is 12.4. The smallest absolute Gasteiger partial charge is 0.315 e. The molecule has 0 unspecified atom stereocenters. The molecule has 2 amide bonds. The Balaban J connectivity index is 1.86. The number of carbonyl (C=O) groups excluding carboxylic acids is 1. The van der Waals surface area contributed by atoms with Gasteiger partial charge in [0.2, 0.25) is 10.0 Å². The molecule has 0 radical (unpaired) electrons. The summed E-state index contributed by atoms with van der Waals surface area (Å²) >= 11 is 0. The van der Waals surface area contributed by atoms with Crippen LogP contribution in [0.2, 0.25) is 0 Å². The van der Waals surface area contributed by atoms with Crippen LogP contribution in [0.5, 0.6) is 0 Å². The van der Waals surface area contributed by atoms with Crippen molar-refractivity contribution in [2.75, 3.05) is 13.1 Å². The standard InChI is InChI=1S/C22H30N4O4S/c1-4-23-22(28)26-18-9-19(27)21-15(18)8-20(31(29,30)25-10-12(2)3)14-7-17(13-5-6-13)24-11-16(14)21/h7-8,11-13,18-19,25,27H,4-6,9-10H2,1-3H3,(H2,23,26,28)/t18-,19+/m1/s1. The van der Waals surface area contributed by atoms with Gasteiger partial charge in [-0.15, -0.1) is 0 Å². The fraction of sp³-hybridized carbons (Fsp3) is 0.545. The molecule has 1 fully saturated rings. The highest BCUT2D eigenvalue weighted by Gasteiger charge is 2.36. The summed E-state index contributed by atoms with van der Waals surface area (Å²) in [6, 6.07) is 2.64. The van der Waals surface area contributed by atoms with Crippen LogP contribution in [0.15, 0.2) is 23.2 Å². The number of rotatable bonds is 7. The molecule has 2 atom stereocenters. The zero-order chi connectivity index (χ0) is 22.3. The molecular formula is C22H30N4O4S. The minimum atomic E-state index is -3.79. The van der Waals surface area contributed by atoms with E-state index in [1.165, 1.54) is 0 Å². The summed E-state index contributed by atoms with van der Waals surface area (Å²) in [7, 11) is -3.79. The molecular weight excluding hydrogens is 416 g/mol. The number of fused-ring (bicyclic) bond motifs is 3. The normalized spacial score (nSPS) is 20.8. The first-order chi connectivity index (χ1) is 14.7. The van der Waals surface area contributed by atoms with Crippen LogP contribution in [0.4, 0.5) is 4.79 Å². The molecule has 1 heterocycles. The van der Waals surface area contributed by atoms with Crippen molar-refractivity contribution in [2.24, 2.45) is 5.92 Å². The number of benzene rings is 1. The average Bonchev–Trinajstić information content (AvgIpc) is 3.51. The summed E-state index contributed by atoms with van der Waals surface area (Å²) in [6.07, 6.45) is 3.27. The van der Waals surface area contributed by atoms with Gasteiger partial charge in [0.15, 0.2) is 0 Å². The van der Waals surface area contributed by atoms with Gasteiger partial charge in [0.05, 0.1) is 17.0 Å². The molecule has 2 aliphatic carbocycles. The van der Waals surface area contributed by atoms with Crippen molar-refractivity contribution in [3.63, 3.8) is 0 Å². The van der Waals surface area contributed by atoms with Crippen molar-refractivity contribution in [1.29, 1.82) is 0 Å². The third-order valence-corrected chi connectivity index (χ3v) is 7.32. The van der Waals surface area contributed by atoms with E-state index in [0.717, 1.165) is 18.5 Å². The molecule has 0 spiro atoms. The van der Waals surface area contributed by atoms with Crippen LogP contribution in [-0.2, 0) is 10.0 Å². The van der Waals surface area contributed by atoms with Crippen LogP contribution < -0.4 is 15.4 Å². The van der Waals surface area contributed by atoms with Crippen LogP contribution in [0, 0.1) is 5.92 Å². The predicted octanol–water partition coefficient (Wildman–Crippen LogP) is 2.84. The number of aliphatic hydroxyl groups excluding tert-OH is 1. The number of hydrogen-bond donors (Lipinski definition) is 4. The van der Waals surface area contributed by atoms with E-state index in [1.54, 1.807) is 12.3 Å². The topological polar surface area (TPSA) is 120 Å². The van der Waals surface area contributed by atoms with Crippen LogP contribution in [0.1, 0.15) is 74.9 Å². The van der Waals surface area contributed by atoms with Gasteiger partial charge in [-0.25, -0.2) is 17.9 Å². The van der Waals surface area contributed by atoms with Crippen molar-refractivity contribution in [3.8, 4) is 0 Å². The highest BCUT2D eigenvalue weighted by Crippen LogP contribution is 2.46. The fourth-order valence-corrected chi connectivity index (χ4v) is 5.60. The third kappa shape index (κ3) is 4.40. The van der Waals surface area contributed by atoms with Gasteiger partial charge in [-0.2, -0.15) is 0 Å². The molecule has 4 N–H and O–H groups in total. The maximum Gasteiger partial charge on any atom is 0.315 e. The van der Waals surface area contributed by atoms with E-state index in [4.69, 9.17) is 0 Å². The summed E-state index contributed by atoms with van der Waals surface area (Å²) in [6.45, 7) is 6.50. The summed E-state index contributed by atoms with van der Waals surface area (Å²) in [5.41, 5.74) is 2.16. The molecule has 31 heavy (non-hydrogen) atoms. The van der Waals surface area contributed by atoms with Crippen molar-refractivity contribution >= 4 is 26.8 Å². The highest BCUT2D eigenvalue weighted by atomic mass is 32.2. The zero-order valence-electron chi connectivity index (χ0n) is 18.1. The Bertz CT molecular complexity index is 1110. The lowest BCUT2D eigenvalue weighted by atomic mass is 9.99. The third-order valence-electron chi connectivity index (χ3n) is 5.86. The fourth-order valence-electron chi connectivity index (χ4n) is 4.16. The van der Waals surface area contributed by atoms with Gasteiger partial charge in [-0.05, 0) is 48.9 Å². The number of pyridine rings is 1. The number of urea groups is 1. The first-order valence-electron chi connectivity index (χ1n) is 10.9. The Morgan fingerprint density at radius 2 is 2.00 bits per heavy atom. The van der Waals surface area contributed by atoms with Crippen molar-refractivity contribution in [1.82, 2.24) is 20.3 Å². The number of aromatic nitrogens is 1. The molecule has 0 aliphatic heterocycles. The predicted molar refractivity (Wildman–Crippen MR) is 118 cm³/mol. The van der Waals surface area contributed by atoms with E-state index in [-0.39, 0.29) is 23.3 Å². The van der Waals surface area contributed by atoms with Gasteiger partial charge < -0.3 is 15.7 Å². The maximum atomic E-state index is 13.3. The van der Waals surface area contributed by atoms with E-state index in [1.807, 2.05) is 26.8 Å². The van der Waals surface area contributed by atoms with Crippen LogP contribution in [0.3, 0.4) is 0 Å². The molecule has 8 nitrogen and oxygen atoms in total. The molecule has 1 aromatic carbocycles. The van der Waals surface area contributed by atoms with Crippen molar-refractivity contribution in [2.45, 2.75) is 63.0 Å². The summed E-state index contributed by atoms with van der Waals surface area (Å²) in [5, 5.41) is 17.5. The number of amides is 2. The number of hydrogen-bond acceptors (Lipinski definition) is 5. The Morgan fingerprint density at radius 3 is 2.65 bits per heavy atom. The molecule has 9 heteroatoms. The largest absolute Gasteiger partial charge is 0.388 e.